The van der Waals surface area contributed by atoms with Gasteiger partial charge in [-0.2, -0.15) is 4.57 Å². The van der Waals surface area contributed by atoms with Crippen molar-refractivity contribution in [2.24, 2.45) is 7.05 Å². The first-order chi connectivity index (χ1) is 13.8. The van der Waals surface area contributed by atoms with Gasteiger partial charge in [-0.1, -0.05) is 30.3 Å². The second kappa shape index (κ2) is 7.64. The third-order valence-electron chi connectivity index (χ3n) is 5.67. The predicted molar refractivity (Wildman–Crippen MR) is 115 cm³/mol. The molecule has 3 heterocycles. The van der Waals surface area contributed by atoms with E-state index in [4.69, 9.17) is 4.74 Å². The lowest BCUT2D eigenvalue weighted by Gasteiger charge is -2.26. The third-order valence-corrected chi connectivity index (χ3v) is 6.77. The molecule has 1 saturated heterocycles. The Bertz CT molecular complexity index is 1010. The van der Waals surface area contributed by atoms with Crippen molar-refractivity contribution in [2.75, 3.05) is 31.6 Å². The first kappa shape index (κ1) is 17.8. The molecule has 0 amide bonds. The van der Waals surface area contributed by atoms with Crippen molar-refractivity contribution in [2.45, 2.75) is 29.1 Å². The van der Waals surface area contributed by atoms with Crippen LogP contribution in [0.15, 0.2) is 58.5 Å². The van der Waals surface area contributed by atoms with Gasteiger partial charge in [-0.05, 0) is 44.1 Å². The van der Waals surface area contributed by atoms with Crippen LogP contribution in [0.3, 0.4) is 0 Å². The zero-order valence-corrected chi connectivity index (χ0v) is 17.1. The molecule has 4 nitrogen and oxygen atoms in total. The molecule has 0 spiro atoms. The lowest BCUT2D eigenvalue weighted by Crippen LogP contribution is -2.33. The van der Waals surface area contributed by atoms with Crippen molar-refractivity contribution in [3.8, 4) is 5.75 Å². The first-order valence-electron chi connectivity index (χ1n) is 10.1. The van der Waals surface area contributed by atoms with E-state index in [0.717, 1.165) is 24.6 Å². The number of likely N-dealkylation sites (tertiary alicyclic amines) is 1. The second-order valence-electron chi connectivity index (χ2n) is 7.63. The van der Waals surface area contributed by atoms with Crippen molar-refractivity contribution in [3.05, 3.63) is 48.7 Å². The van der Waals surface area contributed by atoms with Crippen LogP contribution in [-0.2, 0) is 7.05 Å². The Hall–Kier alpha value is -2.24. The van der Waals surface area contributed by atoms with Gasteiger partial charge in [-0.3, -0.25) is 4.90 Å². The molecule has 2 aliphatic heterocycles. The van der Waals surface area contributed by atoms with Gasteiger partial charge in [0.15, 0.2) is 6.20 Å². The summed E-state index contributed by atoms with van der Waals surface area (Å²) in [4.78, 5) is 5.01. The minimum Gasteiger partial charge on any atom is -0.492 e. The number of benzene rings is 2. The highest BCUT2D eigenvalue weighted by molar-refractivity contribution is 7.99. The Morgan fingerprint density at radius 2 is 1.93 bits per heavy atom. The number of aryl methyl sites for hydroxylation is 1. The third kappa shape index (κ3) is 3.45. The molecule has 2 aliphatic rings. The molecule has 1 fully saturated rings. The van der Waals surface area contributed by atoms with E-state index in [1.165, 1.54) is 58.7 Å². The number of anilines is 2. The first-order valence-corrected chi connectivity index (χ1v) is 10.9. The molecule has 0 atom stereocenters. The van der Waals surface area contributed by atoms with Crippen LogP contribution in [-0.4, -0.2) is 31.1 Å². The van der Waals surface area contributed by atoms with E-state index in [-0.39, 0.29) is 0 Å². The molecule has 5 heteroatoms. The smallest absolute Gasteiger partial charge is 0.214 e. The molecule has 144 valence electrons. The molecule has 1 aromatic heterocycles. The monoisotopic (exact) mass is 392 g/mol. The van der Waals surface area contributed by atoms with E-state index in [9.17, 15) is 0 Å². The number of hydrogen-bond acceptors (Lipinski definition) is 4. The SMILES string of the molecule is C[n+]1cc2c(c3ccccc31)Nc1cc(OCCN3CCCCC3)ccc1S2. The number of para-hydroxylation sites is 1. The summed E-state index contributed by atoms with van der Waals surface area (Å²) in [6.07, 6.45) is 6.23. The highest BCUT2D eigenvalue weighted by Crippen LogP contribution is 2.46. The van der Waals surface area contributed by atoms with Crippen LogP contribution in [0, 0.1) is 0 Å². The Balaban J connectivity index is 1.35. The van der Waals surface area contributed by atoms with Crippen LogP contribution < -0.4 is 14.6 Å². The molecule has 3 aromatic rings. The molecule has 28 heavy (non-hydrogen) atoms. The minimum atomic E-state index is 0.751. The number of ether oxygens (including phenoxy) is 1. The highest BCUT2D eigenvalue weighted by atomic mass is 32.2. The highest BCUT2D eigenvalue weighted by Gasteiger charge is 2.23. The number of piperidine rings is 1. The fourth-order valence-corrected chi connectivity index (χ4v) is 5.22. The summed E-state index contributed by atoms with van der Waals surface area (Å²) < 4.78 is 8.27. The average molecular weight is 393 g/mol. The van der Waals surface area contributed by atoms with E-state index in [1.807, 2.05) is 11.8 Å². The maximum Gasteiger partial charge on any atom is 0.214 e. The number of aromatic nitrogens is 1. The maximum absolute atomic E-state index is 6.07. The van der Waals surface area contributed by atoms with Gasteiger partial charge >= 0.3 is 0 Å². The Morgan fingerprint density at radius 1 is 1.07 bits per heavy atom. The standard InChI is InChI=1S/C23H25N3OS/c1-25-16-22-23(18-7-3-4-8-20(18)25)24-19-15-17(9-10-21(19)28-22)27-14-13-26-11-5-2-6-12-26/h3-4,7-10,15-16H,2,5-6,11-14H2,1H3/p+1. The van der Waals surface area contributed by atoms with Crippen LogP contribution >= 0.6 is 11.8 Å². The number of pyridine rings is 1. The van der Waals surface area contributed by atoms with Crippen LogP contribution in [0.25, 0.3) is 10.9 Å². The van der Waals surface area contributed by atoms with Crippen LogP contribution in [0.4, 0.5) is 11.4 Å². The second-order valence-corrected chi connectivity index (χ2v) is 8.72. The summed E-state index contributed by atoms with van der Waals surface area (Å²) in [5.41, 5.74) is 3.55. The molecule has 0 aliphatic carbocycles. The Labute approximate surface area is 170 Å². The quantitative estimate of drug-likeness (QED) is 0.508. The summed E-state index contributed by atoms with van der Waals surface area (Å²) >= 11 is 1.82. The normalized spacial score (nSPS) is 16.3. The van der Waals surface area contributed by atoms with Gasteiger partial charge in [-0.15, -0.1) is 0 Å². The molecule has 0 unspecified atom stereocenters. The fraction of sp³-hybridized carbons (Fsp3) is 0.348. The van der Waals surface area contributed by atoms with Crippen molar-refractivity contribution in [1.82, 2.24) is 4.90 Å². The van der Waals surface area contributed by atoms with E-state index in [0.29, 0.717) is 0 Å². The lowest BCUT2D eigenvalue weighted by atomic mass is 10.1. The zero-order chi connectivity index (χ0) is 18.9. The Kier molecular flexibility index (Phi) is 4.87. The minimum absolute atomic E-state index is 0.751. The summed E-state index contributed by atoms with van der Waals surface area (Å²) in [7, 11) is 2.11. The van der Waals surface area contributed by atoms with Crippen LogP contribution in [0.2, 0.25) is 0 Å². The van der Waals surface area contributed by atoms with Gasteiger partial charge in [0, 0.05) is 23.6 Å². The number of fused-ring (bicyclic) bond motifs is 4. The van der Waals surface area contributed by atoms with Crippen LogP contribution in [0.5, 0.6) is 5.75 Å². The zero-order valence-electron chi connectivity index (χ0n) is 16.3. The van der Waals surface area contributed by atoms with Crippen molar-refractivity contribution in [3.63, 3.8) is 0 Å². The molecule has 2 aromatic carbocycles. The maximum atomic E-state index is 6.07. The predicted octanol–water partition coefficient (Wildman–Crippen LogP) is 4.74. The summed E-state index contributed by atoms with van der Waals surface area (Å²) in [6, 6.07) is 14.9. The number of rotatable bonds is 4. The van der Waals surface area contributed by atoms with Gasteiger partial charge in [0.1, 0.15) is 24.3 Å². The van der Waals surface area contributed by atoms with Crippen molar-refractivity contribution < 1.29 is 9.30 Å². The molecular weight excluding hydrogens is 366 g/mol. The van der Waals surface area contributed by atoms with Crippen LogP contribution in [0.1, 0.15) is 19.3 Å². The Morgan fingerprint density at radius 3 is 2.82 bits per heavy atom. The largest absolute Gasteiger partial charge is 0.492 e. The van der Waals surface area contributed by atoms with E-state index < -0.39 is 0 Å². The lowest BCUT2D eigenvalue weighted by molar-refractivity contribution is -0.646. The van der Waals surface area contributed by atoms with E-state index >= 15 is 0 Å². The molecule has 5 rings (SSSR count). The van der Waals surface area contributed by atoms with Crippen molar-refractivity contribution >= 4 is 34.0 Å². The van der Waals surface area contributed by atoms with Gasteiger partial charge in [-0.25, -0.2) is 0 Å². The molecule has 0 saturated carbocycles. The topological polar surface area (TPSA) is 28.4 Å². The van der Waals surface area contributed by atoms with Gasteiger partial charge < -0.3 is 10.1 Å². The molecule has 0 radical (unpaired) electrons. The molecule has 1 N–H and O–H groups in total. The average Bonchev–Trinajstić information content (AvgIpc) is 2.74. The molecule has 0 bridgehead atoms. The van der Waals surface area contributed by atoms with Crippen molar-refractivity contribution in [1.29, 1.82) is 0 Å². The van der Waals surface area contributed by atoms with Gasteiger partial charge in [0.05, 0.1) is 16.8 Å². The fourth-order valence-electron chi connectivity index (χ4n) is 4.16. The molecular formula is C23H26N3OS+. The summed E-state index contributed by atoms with van der Waals surface area (Å²) in [6.45, 7) is 4.20. The number of nitrogens with zero attached hydrogens (tertiary/aromatic N) is 2. The van der Waals surface area contributed by atoms with E-state index in [2.05, 4.69) is 70.5 Å². The van der Waals surface area contributed by atoms with E-state index in [1.54, 1.807) is 0 Å². The number of nitrogens with one attached hydrogen (secondary N) is 1. The van der Waals surface area contributed by atoms with Gasteiger partial charge in [0.25, 0.3) is 0 Å². The summed E-state index contributed by atoms with van der Waals surface area (Å²) in [5, 5.41) is 4.91. The number of hydrogen-bond donors (Lipinski definition) is 1. The van der Waals surface area contributed by atoms with Gasteiger partial charge in [0.2, 0.25) is 5.52 Å². The summed E-state index contributed by atoms with van der Waals surface area (Å²) in [5.74, 6) is 0.943.